The number of phenols is 1. The van der Waals surface area contributed by atoms with Gasteiger partial charge in [-0.3, -0.25) is 0 Å². The minimum Gasteiger partial charge on any atom is -0.508 e. The molecule has 0 radical (unpaired) electrons. The Morgan fingerprint density at radius 1 is 1.05 bits per heavy atom. The highest BCUT2D eigenvalue weighted by Crippen LogP contribution is 2.30. The van der Waals surface area contributed by atoms with E-state index in [4.69, 9.17) is 0 Å². The highest BCUT2D eigenvalue weighted by molar-refractivity contribution is 5.48. The molecule has 0 heterocycles. The molecular weight excluding hydrogens is 274 g/mol. The van der Waals surface area contributed by atoms with Crippen LogP contribution < -0.4 is 5.32 Å². The Balaban J connectivity index is 2.16. The molecule has 0 aliphatic rings. The van der Waals surface area contributed by atoms with Crippen molar-refractivity contribution in [3.63, 3.8) is 0 Å². The Morgan fingerprint density at radius 2 is 1.80 bits per heavy atom. The van der Waals surface area contributed by atoms with Gasteiger partial charge in [0.05, 0.1) is 5.56 Å². The van der Waals surface area contributed by atoms with Crippen LogP contribution in [0.1, 0.15) is 11.1 Å². The SMILES string of the molecule is Oc1cccc(NCc2cc(F)cc(C(F)(F)F)c2)c1. The summed E-state index contributed by atoms with van der Waals surface area (Å²) in [5.74, 6) is -0.905. The van der Waals surface area contributed by atoms with Crippen molar-refractivity contribution in [3.05, 3.63) is 59.4 Å². The molecule has 0 amide bonds. The molecule has 0 atom stereocenters. The molecule has 2 N–H and O–H groups in total. The number of nitrogens with one attached hydrogen (secondary N) is 1. The van der Waals surface area contributed by atoms with E-state index < -0.39 is 17.6 Å². The molecule has 0 aliphatic carbocycles. The van der Waals surface area contributed by atoms with Gasteiger partial charge >= 0.3 is 6.18 Å². The molecule has 6 heteroatoms. The summed E-state index contributed by atoms with van der Waals surface area (Å²) in [6, 6.07) is 8.49. The van der Waals surface area contributed by atoms with Crippen molar-refractivity contribution in [1.29, 1.82) is 0 Å². The number of aromatic hydroxyl groups is 1. The summed E-state index contributed by atoms with van der Waals surface area (Å²) in [4.78, 5) is 0. The Labute approximate surface area is 112 Å². The summed E-state index contributed by atoms with van der Waals surface area (Å²) in [6.45, 7) is 0.0181. The zero-order valence-electron chi connectivity index (χ0n) is 10.2. The van der Waals surface area contributed by atoms with Gasteiger partial charge in [0.25, 0.3) is 0 Å². The zero-order chi connectivity index (χ0) is 14.8. The van der Waals surface area contributed by atoms with E-state index >= 15 is 0 Å². The van der Waals surface area contributed by atoms with Crippen LogP contribution in [0.25, 0.3) is 0 Å². The second kappa shape index (κ2) is 5.40. The third-order valence-corrected chi connectivity index (χ3v) is 2.63. The number of halogens is 4. The molecule has 2 aromatic carbocycles. The first-order chi connectivity index (χ1) is 9.34. The van der Waals surface area contributed by atoms with E-state index in [-0.39, 0.29) is 17.9 Å². The number of benzene rings is 2. The molecule has 0 saturated carbocycles. The lowest BCUT2D eigenvalue weighted by Crippen LogP contribution is -2.08. The van der Waals surface area contributed by atoms with E-state index in [1.165, 1.54) is 12.1 Å². The van der Waals surface area contributed by atoms with E-state index in [1.807, 2.05) is 0 Å². The Kier molecular flexibility index (Phi) is 3.83. The van der Waals surface area contributed by atoms with Gasteiger partial charge in [0.2, 0.25) is 0 Å². The Bertz CT molecular complexity index is 610. The minimum atomic E-state index is -4.58. The van der Waals surface area contributed by atoms with Crippen molar-refractivity contribution >= 4 is 5.69 Å². The molecule has 0 spiro atoms. The lowest BCUT2D eigenvalue weighted by molar-refractivity contribution is -0.137. The fourth-order valence-electron chi connectivity index (χ4n) is 1.74. The smallest absolute Gasteiger partial charge is 0.416 e. The Hall–Kier alpha value is -2.24. The van der Waals surface area contributed by atoms with Gasteiger partial charge in [-0.15, -0.1) is 0 Å². The quantitative estimate of drug-likeness (QED) is 0.830. The number of hydrogen-bond donors (Lipinski definition) is 2. The van der Waals surface area contributed by atoms with Gasteiger partial charge in [0, 0.05) is 18.3 Å². The van der Waals surface area contributed by atoms with Crippen molar-refractivity contribution in [2.75, 3.05) is 5.32 Å². The normalized spacial score (nSPS) is 11.4. The summed E-state index contributed by atoms with van der Waals surface area (Å²) in [7, 11) is 0. The molecule has 0 saturated heterocycles. The first kappa shape index (κ1) is 14.2. The van der Waals surface area contributed by atoms with E-state index in [2.05, 4.69) is 5.32 Å². The van der Waals surface area contributed by atoms with Gasteiger partial charge in [0.15, 0.2) is 0 Å². The van der Waals surface area contributed by atoms with Crippen LogP contribution >= 0.6 is 0 Å². The van der Waals surface area contributed by atoms with Crippen LogP contribution in [-0.4, -0.2) is 5.11 Å². The third-order valence-electron chi connectivity index (χ3n) is 2.63. The average Bonchev–Trinajstić information content (AvgIpc) is 2.35. The molecule has 0 bridgehead atoms. The molecule has 0 aliphatic heterocycles. The van der Waals surface area contributed by atoms with Gasteiger partial charge in [-0.1, -0.05) is 6.07 Å². The van der Waals surface area contributed by atoms with Crippen LogP contribution in [0.15, 0.2) is 42.5 Å². The van der Waals surface area contributed by atoms with Crippen molar-refractivity contribution < 1.29 is 22.7 Å². The van der Waals surface area contributed by atoms with Crippen LogP contribution in [0.3, 0.4) is 0 Å². The van der Waals surface area contributed by atoms with Crippen LogP contribution in [0.2, 0.25) is 0 Å². The van der Waals surface area contributed by atoms with Crippen molar-refractivity contribution in [2.24, 2.45) is 0 Å². The van der Waals surface area contributed by atoms with Crippen LogP contribution in [0, 0.1) is 5.82 Å². The monoisotopic (exact) mass is 285 g/mol. The number of phenolic OH excluding ortho intramolecular Hbond substituents is 1. The molecule has 0 aromatic heterocycles. The van der Waals surface area contributed by atoms with Gasteiger partial charge < -0.3 is 10.4 Å². The summed E-state index contributed by atoms with van der Waals surface area (Å²) >= 11 is 0. The molecule has 20 heavy (non-hydrogen) atoms. The molecule has 2 nitrogen and oxygen atoms in total. The maximum absolute atomic E-state index is 13.2. The van der Waals surface area contributed by atoms with Gasteiger partial charge in [-0.25, -0.2) is 4.39 Å². The fraction of sp³-hybridized carbons (Fsp3) is 0.143. The fourth-order valence-corrected chi connectivity index (χ4v) is 1.74. The standard InChI is InChI=1S/C14H11F4NO/c15-11-5-9(4-10(6-11)14(16,17)18)8-19-12-2-1-3-13(20)7-12/h1-7,19-20H,8H2. The minimum absolute atomic E-state index is 0.0181. The van der Waals surface area contributed by atoms with E-state index in [0.717, 1.165) is 12.1 Å². The van der Waals surface area contributed by atoms with Crippen LogP contribution in [0.5, 0.6) is 5.75 Å². The van der Waals surface area contributed by atoms with Gasteiger partial charge in [-0.05, 0) is 35.9 Å². The number of hydrogen-bond acceptors (Lipinski definition) is 2. The third kappa shape index (κ3) is 3.63. The van der Waals surface area contributed by atoms with Crippen LogP contribution in [0.4, 0.5) is 23.2 Å². The van der Waals surface area contributed by atoms with Crippen molar-refractivity contribution in [3.8, 4) is 5.75 Å². The summed E-state index contributed by atoms with van der Waals surface area (Å²) in [6.07, 6.45) is -4.58. The van der Waals surface area contributed by atoms with Crippen LogP contribution in [-0.2, 0) is 12.7 Å². The number of rotatable bonds is 3. The maximum atomic E-state index is 13.2. The predicted octanol–water partition coefficient (Wildman–Crippen LogP) is 4.16. The van der Waals surface area contributed by atoms with E-state index in [1.54, 1.807) is 12.1 Å². The predicted molar refractivity (Wildman–Crippen MR) is 66.8 cm³/mol. The maximum Gasteiger partial charge on any atom is 0.416 e. The number of anilines is 1. The lowest BCUT2D eigenvalue weighted by atomic mass is 10.1. The molecule has 0 unspecified atom stereocenters. The highest BCUT2D eigenvalue weighted by Gasteiger charge is 2.31. The number of alkyl halides is 3. The first-order valence-corrected chi connectivity index (χ1v) is 5.74. The topological polar surface area (TPSA) is 32.3 Å². The summed E-state index contributed by atoms with van der Waals surface area (Å²) in [5, 5.41) is 12.1. The molecule has 2 rings (SSSR count). The first-order valence-electron chi connectivity index (χ1n) is 5.74. The Morgan fingerprint density at radius 3 is 2.45 bits per heavy atom. The largest absolute Gasteiger partial charge is 0.508 e. The lowest BCUT2D eigenvalue weighted by Gasteiger charge is -2.11. The average molecular weight is 285 g/mol. The molecule has 2 aromatic rings. The van der Waals surface area contributed by atoms with Gasteiger partial charge in [-0.2, -0.15) is 13.2 Å². The van der Waals surface area contributed by atoms with Crippen molar-refractivity contribution in [2.45, 2.75) is 12.7 Å². The van der Waals surface area contributed by atoms with E-state index in [0.29, 0.717) is 11.8 Å². The summed E-state index contributed by atoms with van der Waals surface area (Å²) in [5.41, 5.74) is -0.325. The van der Waals surface area contributed by atoms with Crippen molar-refractivity contribution in [1.82, 2.24) is 0 Å². The second-order valence-electron chi connectivity index (χ2n) is 4.25. The molecule has 0 fully saturated rings. The molecule has 106 valence electrons. The molecular formula is C14H11F4NO. The zero-order valence-corrected chi connectivity index (χ0v) is 10.2. The highest BCUT2D eigenvalue weighted by atomic mass is 19.4. The second-order valence-corrected chi connectivity index (χ2v) is 4.25. The van der Waals surface area contributed by atoms with E-state index in [9.17, 15) is 22.7 Å². The van der Waals surface area contributed by atoms with Gasteiger partial charge in [0.1, 0.15) is 11.6 Å². The summed E-state index contributed by atoms with van der Waals surface area (Å²) < 4.78 is 50.8.